The topological polar surface area (TPSA) is 48.3 Å². The lowest BCUT2D eigenvalue weighted by Gasteiger charge is -2.34. The number of nitrogens with zero attached hydrogens (tertiary/aromatic N) is 2. The van der Waals surface area contributed by atoms with E-state index in [1.54, 1.807) is 0 Å². The molecule has 1 N–H and O–H groups in total. The van der Waals surface area contributed by atoms with Gasteiger partial charge in [-0.1, -0.05) is 13.3 Å². The molecule has 2 atom stereocenters. The first-order valence-corrected chi connectivity index (χ1v) is 8.16. The van der Waals surface area contributed by atoms with Crippen molar-refractivity contribution in [2.75, 3.05) is 33.4 Å². The van der Waals surface area contributed by atoms with Crippen LogP contribution < -0.4 is 5.32 Å². The van der Waals surface area contributed by atoms with Gasteiger partial charge < -0.3 is 9.64 Å². The minimum absolute atomic E-state index is 0.259. The molecule has 0 amide bonds. The molecule has 4 nitrogen and oxygen atoms in total. The van der Waals surface area contributed by atoms with Crippen molar-refractivity contribution < 1.29 is 4.74 Å². The quantitative estimate of drug-likeness (QED) is 0.809. The van der Waals surface area contributed by atoms with Crippen LogP contribution in [0.25, 0.3) is 0 Å². The Balaban J connectivity index is 1.84. The van der Waals surface area contributed by atoms with Gasteiger partial charge in [0.2, 0.25) is 0 Å². The Labute approximate surface area is 123 Å². The number of nitrogens with one attached hydrogen (secondary N) is 1. The van der Waals surface area contributed by atoms with Crippen LogP contribution in [-0.2, 0) is 4.74 Å². The fourth-order valence-electron chi connectivity index (χ4n) is 3.87. The lowest BCUT2D eigenvalue weighted by atomic mass is 9.85. The summed E-state index contributed by atoms with van der Waals surface area (Å²) >= 11 is 0. The summed E-state index contributed by atoms with van der Waals surface area (Å²) in [5.74, 6) is 0.509. The molecule has 4 heteroatoms. The predicted octanol–water partition coefficient (Wildman–Crippen LogP) is 2.16. The van der Waals surface area contributed by atoms with Gasteiger partial charge in [-0.2, -0.15) is 5.26 Å². The summed E-state index contributed by atoms with van der Waals surface area (Å²) in [7, 11) is 2.23. The van der Waals surface area contributed by atoms with E-state index in [1.165, 1.54) is 12.8 Å². The number of ether oxygens (including phenoxy) is 1. The smallest absolute Gasteiger partial charge is 0.109 e. The van der Waals surface area contributed by atoms with Crippen molar-refractivity contribution in [2.45, 2.75) is 57.0 Å². The second-order valence-electron chi connectivity index (χ2n) is 6.32. The van der Waals surface area contributed by atoms with Crippen LogP contribution >= 0.6 is 0 Å². The van der Waals surface area contributed by atoms with Gasteiger partial charge in [-0.25, -0.2) is 0 Å². The summed E-state index contributed by atoms with van der Waals surface area (Å²) < 4.78 is 5.43. The minimum atomic E-state index is -0.259. The largest absolute Gasteiger partial charge is 0.381 e. The van der Waals surface area contributed by atoms with Gasteiger partial charge in [0, 0.05) is 19.3 Å². The van der Waals surface area contributed by atoms with E-state index < -0.39 is 0 Å². The Kier molecular flexibility index (Phi) is 5.83. The van der Waals surface area contributed by atoms with E-state index in [0.29, 0.717) is 12.0 Å². The molecule has 0 aromatic rings. The van der Waals surface area contributed by atoms with Crippen molar-refractivity contribution in [1.82, 2.24) is 10.2 Å². The van der Waals surface area contributed by atoms with E-state index in [2.05, 4.69) is 30.3 Å². The molecule has 1 aliphatic carbocycles. The molecule has 0 spiro atoms. The molecule has 1 saturated carbocycles. The van der Waals surface area contributed by atoms with Crippen molar-refractivity contribution in [3.8, 4) is 6.07 Å². The Bertz CT molecular complexity index is 335. The molecule has 114 valence electrons. The molecule has 0 aromatic heterocycles. The van der Waals surface area contributed by atoms with Crippen molar-refractivity contribution in [3.63, 3.8) is 0 Å². The zero-order valence-electron chi connectivity index (χ0n) is 13.0. The average Bonchev–Trinajstić information content (AvgIpc) is 2.89. The monoisotopic (exact) mass is 279 g/mol. The van der Waals surface area contributed by atoms with E-state index >= 15 is 0 Å². The summed E-state index contributed by atoms with van der Waals surface area (Å²) in [6.45, 7) is 5.89. The molecule has 0 bridgehead atoms. The third kappa shape index (κ3) is 3.52. The molecule has 2 fully saturated rings. The van der Waals surface area contributed by atoms with E-state index in [-0.39, 0.29) is 5.54 Å². The highest BCUT2D eigenvalue weighted by molar-refractivity contribution is 5.14. The van der Waals surface area contributed by atoms with E-state index in [1.807, 2.05) is 0 Å². The van der Waals surface area contributed by atoms with Crippen molar-refractivity contribution >= 4 is 0 Å². The van der Waals surface area contributed by atoms with Crippen LogP contribution in [0.3, 0.4) is 0 Å². The van der Waals surface area contributed by atoms with Gasteiger partial charge in [-0.3, -0.25) is 5.32 Å². The van der Waals surface area contributed by atoms with Crippen molar-refractivity contribution in [2.24, 2.45) is 5.92 Å². The maximum atomic E-state index is 9.59. The molecular weight excluding hydrogens is 250 g/mol. The maximum absolute atomic E-state index is 9.59. The summed E-state index contributed by atoms with van der Waals surface area (Å²) in [5, 5.41) is 13.1. The molecule has 2 aliphatic rings. The fraction of sp³-hybridized carbons (Fsp3) is 0.938. The highest BCUT2D eigenvalue weighted by Gasteiger charge is 2.42. The van der Waals surface area contributed by atoms with Crippen LogP contribution in [0, 0.1) is 17.2 Å². The summed E-state index contributed by atoms with van der Waals surface area (Å²) in [5.41, 5.74) is -0.259. The van der Waals surface area contributed by atoms with Crippen LogP contribution in [0.4, 0.5) is 0 Å². The van der Waals surface area contributed by atoms with Gasteiger partial charge in [-0.05, 0) is 58.2 Å². The zero-order valence-corrected chi connectivity index (χ0v) is 13.0. The van der Waals surface area contributed by atoms with Crippen LogP contribution in [0.15, 0.2) is 0 Å². The number of hydrogen-bond donors (Lipinski definition) is 1. The summed E-state index contributed by atoms with van der Waals surface area (Å²) in [6, 6.07) is 3.25. The molecule has 0 radical (unpaired) electrons. The first kappa shape index (κ1) is 15.8. The molecular formula is C16H29N3O. The average molecular weight is 279 g/mol. The highest BCUT2D eigenvalue weighted by Crippen LogP contribution is 2.37. The van der Waals surface area contributed by atoms with Crippen LogP contribution in [0.1, 0.15) is 45.4 Å². The van der Waals surface area contributed by atoms with Gasteiger partial charge in [0.05, 0.1) is 6.07 Å². The number of nitriles is 1. The van der Waals surface area contributed by atoms with Crippen molar-refractivity contribution in [3.05, 3.63) is 0 Å². The molecule has 0 aromatic carbocycles. The third-order valence-electron chi connectivity index (χ3n) is 5.16. The summed E-state index contributed by atoms with van der Waals surface area (Å²) in [6.07, 6.45) is 6.83. The van der Waals surface area contributed by atoms with E-state index in [0.717, 1.165) is 52.0 Å². The lowest BCUT2D eigenvalue weighted by molar-refractivity contribution is 0.0407. The minimum Gasteiger partial charge on any atom is -0.381 e. The highest BCUT2D eigenvalue weighted by atomic mass is 16.5. The molecule has 1 saturated heterocycles. The van der Waals surface area contributed by atoms with E-state index in [4.69, 9.17) is 4.74 Å². The summed E-state index contributed by atoms with van der Waals surface area (Å²) in [4.78, 5) is 2.48. The van der Waals surface area contributed by atoms with Crippen LogP contribution in [0.5, 0.6) is 0 Å². The molecule has 1 aliphatic heterocycles. The molecule has 1 heterocycles. The normalized spacial score (nSPS) is 31.6. The van der Waals surface area contributed by atoms with Crippen molar-refractivity contribution in [1.29, 1.82) is 5.26 Å². The van der Waals surface area contributed by atoms with Gasteiger partial charge in [0.15, 0.2) is 0 Å². The second kappa shape index (κ2) is 7.40. The van der Waals surface area contributed by atoms with Crippen LogP contribution in [0.2, 0.25) is 0 Å². The predicted molar refractivity (Wildman–Crippen MR) is 80.4 cm³/mol. The standard InChI is InChI=1S/C16H29N3O/c1-3-18-16(13-17)9-4-5-14(16)6-10-19(2)15-7-11-20-12-8-15/h14-15,18H,3-12H2,1-2H3. The maximum Gasteiger partial charge on any atom is 0.109 e. The fourth-order valence-corrected chi connectivity index (χ4v) is 3.87. The molecule has 2 unspecified atom stereocenters. The number of hydrogen-bond acceptors (Lipinski definition) is 4. The van der Waals surface area contributed by atoms with Crippen LogP contribution in [-0.4, -0.2) is 49.8 Å². The Hall–Kier alpha value is -0.630. The van der Waals surface area contributed by atoms with E-state index in [9.17, 15) is 5.26 Å². The SMILES string of the molecule is CCNC1(C#N)CCCC1CCN(C)C1CCOCC1. The number of rotatable bonds is 6. The first-order valence-electron chi connectivity index (χ1n) is 8.16. The van der Waals surface area contributed by atoms with Gasteiger partial charge >= 0.3 is 0 Å². The Morgan fingerprint density at radius 1 is 1.35 bits per heavy atom. The molecule has 20 heavy (non-hydrogen) atoms. The second-order valence-corrected chi connectivity index (χ2v) is 6.32. The Morgan fingerprint density at radius 2 is 2.10 bits per heavy atom. The van der Waals surface area contributed by atoms with Gasteiger partial charge in [0.25, 0.3) is 0 Å². The lowest BCUT2D eigenvalue weighted by Crippen LogP contribution is -2.48. The Morgan fingerprint density at radius 3 is 2.75 bits per heavy atom. The van der Waals surface area contributed by atoms with Gasteiger partial charge in [-0.15, -0.1) is 0 Å². The first-order chi connectivity index (χ1) is 9.72. The van der Waals surface area contributed by atoms with Gasteiger partial charge in [0.1, 0.15) is 5.54 Å². The third-order valence-corrected chi connectivity index (χ3v) is 5.16. The zero-order chi connectivity index (χ0) is 14.4. The molecule has 2 rings (SSSR count).